The van der Waals surface area contributed by atoms with Gasteiger partial charge in [0.2, 0.25) is 5.96 Å². The van der Waals surface area contributed by atoms with E-state index < -0.39 is 0 Å². The Hall–Kier alpha value is -6.13. The molecule has 0 bridgehead atoms. The van der Waals surface area contributed by atoms with E-state index in [0.717, 1.165) is 73.7 Å². The van der Waals surface area contributed by atoms with Crippen LogP contribution >= 0.6 is 0 Å². The highest BCUT2D eigenvalue weighted by Gasteiger charge is 2.29. The Morgan fingerprint density at radius 2 is 1.55 bits per heavy atom. The lowest BCUT2D eigenvalue weighted by atomic mass is 9.93. The summed E-state index contributed by atoms with van der Waals surface area (Å²) in [5.74, 6) is 3.06. The van der Waals surface area contributed by atoms with Crippen molar-refractivity contribution in [3.63, 3.8) is 0 Å². The zero-order valence-electron chi connectivity index (χ0n) is 27.1. The second-order valence-corrected chi connectivity index (χ2v) is 13.2. The molecule has 3 heterocycles. The summed E-state index contributed by atoms with van der Waals surface area (Å²) in [4.78, 5) is 5.43. The average molecular weight is 632 g/mol. The molecule has 49 heavy (non-hydrogen) atoms. The van der Waals surface area contributed by atoms with Crippen molar-refractivity contribution in [2.24, 2.45) is 10.9 Å². The third-order valence-corrected chi connectivity index (χ3v) is 10.3. The monoisotopic (exact) mass is 631 g/mol. The van der Waals surface area contributed by atoms with E-state index in [1.165, 1.54) is 21.9 Å². The standard InChI is InChI=1S/C45H33N3O/c1-28-10-8-13-32-24-25-33-26-27-40-41(44(33)49-43(28)32)37-16-5-7-19-39(37)48(40)45-46-38-18-6-4-15-36(38)42(47-45)31-22-20-30(21-23-31)35-17-9-12-29-11-2-3-14-34(29)35/h2-9,11-28,38H,10H2,1H3,(H,46,47). The molecule has 0 amide bonds. The van der Waals surface area contributed by atoms with Gasteiger partial charge in [-0.05, 0) is 46.5 Å². The Bertz CT molecular complexity index is 2580. The number of para-hydroxylation sites is 1. The topological polar surface area (TPSA) is 38.5 Å². The molecular weight excluding hydrogens is 599 g/mol. The summed E-state index contributed by atoms with van der Waals surface area (Å²) in [5, 5.41) is 8.54. The van der Waals surface area contributed by atoms with Crippen LogP contribution in [0.2, 0.25) is 0 Å². The fraction of sp³-hybridized carbons (Fsp3) is 0.0889. The van der Waals surface area contributed by atoms with E-state index in [1.54, 1.807) is 0 Å². The molecule has 4 heteroatoms. The van der Waals surface area contributed by atoms with Crippen LogP contribution in [0.5, 0.6) is 5.75 Å². The van der Waals surface area contributed by atoms with Gasteiger partial charge in [0.15, 0.2) is 0 Å². The predicted molar refractivity (Wildman–Crippen MR) is 203 cm³/mol. The molecule has 1 aromatic heterocycles. The van der Waals surface area contributed by atoms with E-state index in [2.05, 4.69) is 169 Å². The fourth-order valence-electron chi connectivity index (χ4n) is 7.84. The summed E-state index contributed by atoms with van der Waals surface area (Å²) < 4.78 is 9.18. The maximum atomic E-state index is 6.91. The third-order valence-electron chi connectivity index (χ3n) is 10.3. The SMILES string of the molecule is CC1CC=CC2=C1Oc1c(ccc3c1c1ccccc1n3C1=NC(c3ccc(-c4cccc5ccccc45)cc3)=C3C=CC=CC3N1)C=C2. The maximum Gasteiger partial charge on any atom is 0.209 e. The zero-order chi connectivity index (χ0) is 32.5. The molecule has 2 aliphatic carbocycles. The average Bonchev–Trinajstić information content (AvgIpc) is 3.36. The number of aliphatic imine (C=N–C) groups is 1. The van der Waals surface area contributed by atoms with Crippen molar-refractivity contribution in [3.05, 3.63) is 174 Å². The number of rotatable bonds is 2. The number of nitrogens with zero attached hydrogens (tertiary/aromatic N) is 2. The second kappa shape index (κ2) is 11.0. The smallest absolute Gasteiger partial charge is 0.209 e. The van der Waals surface area contributed by atoms with Gasteiger partial charge in [-0.15, -0.1) is 0 Å². The molecule has 10 rings (SSSR count). The van der Waals surface area contributed by atoms with E-state index in [-0.39, 0.29) is 6.04 Å². The van der Waals surface area contributed by atoms with Crippen LogP contribution in [-0.2, 0) is 0 Å². The van der Waals surface area contributed by atoms with Crippen LogP contribution in [0.4, 0.5) is 0 Å². The molecule has 2 aliphatic heterocycles. The molecule has 234 valence electrons. The molecule has 0 spiro atoms. The second-order valence-electron chi connectivity index (χ2n) is 13.2. The molecule has 2 atom stereocenters. The van der Waals surface area contributed by atoms with Gasteiger partial charge in [0.05, 0.1) is 28.2 Å². The van der Waals surface area contributed by atoms with Crippen molar-refractivity contribution in [2.75, 3.05) is 0 Å². The molecule has 4 nitrogen and oxygen atoms in total. The Labute approximate surface area is 285 Å². The summed E-state index contributed by atoms with van der Waals surface area (Å²) in [5.41, 5.74) is 10.0. The molecule has 0 fully saturated rings. The van der Waals surface area contributed by atoms with Crippen LogP contribution in [0.25, 0.3) is 55.5 Å². The fourth-order valence-corrected chi connectivity index (χ4v) is 7.84. The van der Waals surface area contributed by atoms with E-state index in [1.807, 2.05) is 0 Å². The first-order valence-electron chi connectivity index (χ1n) is 17.1. The van der Waals surface area contributed by atoms with Gasteiger partial charge in [-0.2, -0.15) is 0 Å². The highest BCUT2D eigenvalue weighted by Crippen LogP contribution is 2.43. The molecule has 0 saturated carbocycles. The Kier molecular flexibility index (Phi) is 6.25. The number of hydrogen-bond acceptors (Lipinski definition) is 3. The number of allylic oxidation sites excluding steroid dienone is 7. The highest BCUT2D eigenvalue weighted by atomic mass is 16.5. The van der Waals surface area contributed by atoms with Crippen LogP contribution in [0.15, 0.2) is 168 Å². The lowest BCUT2D eigenvalue weighted by Gasteiger charge is -2.28. The van der Waals surface area contributed by atoms with Gasteiger partial charge in [-0.25, -0.2) is 4.99 Å². The molecule has 1 N–H and O–H groups in total. The molecule has 2 unspecified atom stereocenters. The summed E-state index contributed by atoms with van der Waals surface area (Å²) in [6.45, 7) is 2.24. The van der Waals surface area contributed by atoms with Gasteiger partial charge < -0.3 is 10.1 Å². The highest BCUT2D eigenvalue weighted by molar-refractivity contribution is 6.18. The minimum absolute atomic E-state index is 0.0101. The van der Waals surface area contributed by atoms with Gasteiger partial charge in [0.25, 0.3) is 0 Å². The van der Waals surface area contributed by atoms with Gasteiger partial charge in [-0.3, -0.25) is 4.57 Å². The molecule has 4 aliphatic rings. The quantitative estimate of drug-likeness (QED) is 0.207. The van der Waals surface area contributed by atoms with Gasteiger partial charge >= 0.3 is 0 Å². The van der Waals surface area contributed by atoms with Crippen LogP contribution < -0.4 is 10.1 Å². The number of aromatic nitrogens is 1. The zero-order valence-corrected chi connectivity index (χ0v) is 27.1. The number of ether oxygens (including phenoxy) is 1. The van der Waals surface area contributed by atoms with Crippen LogP contribution in [0.3, 0.4) is 0 Å². The van der Waals surface area contributed by atoms with Gasteiger partial charge in [-0.1, -0.05) is 140 Å². The van der Waals surface area contributed by atoms with Crippen molar-refractivity contribution in [2.45, 2.75) is 19.4 Å². The minimum Gasteiger partial charge on any atom is -0.459 e. The van der Waals surface area contributed by atoms with Crippen LogP contribution in [-0.4, -0.2) is 16.6 Å². The Morgan fingerprint density at radius 3 is 2.47 bits per heavy atom. The van der Waals surface area contributed by atoms with Crippen molar-refractivity contribution in [3.8, 4) is 16.9 Å². The molecular formula is C45H33N3O. The number of nitrogens with one attached hydrogen (secondary N) is 1. The lowest BCUT2D eigenvalue weighted by molar-refractivity contribution is 0.356. The maximum absolute atomic E-state index is 6.91. The molecule has 6 aromatic rings. The van der Waals surface area contributed by atoms with E-state index in [4.69, 9.17) is 9.73 Å². The van der Waals surface area contributed by atoms with Crippen molar-refractivity contribution < 1.29 is 4.74 Å². The largest absolute Gasteiger partial charge is 0.459 e. The van der Waals surface area contributed by atoms with Crippen molar-refractivity contribution >= 4 is 50.3 Å². The predicted octanol–water partition coefficient (Wildman–Crippen LogP) is 10.6. The molecule has 0 saturated heterocycles. The Balaban J connectivity index is 1.14. The van der Waals surface area contributed by atoms with Crippen LogP contribution in [0, 0.1) is 5.92 Å². The van der Waals surface area contributed by atoms with Gasteiger partial charge in [0.1, 0.15) is 11.5 Å². The van der Waals surface area contributed by atoms with Gasteiger partial charge in [0, 0.05) is 33.6 Å². The first-order chi connectivity index (χ1) is 24.2. The number of benzene rings is 5. The summed E-state index contributed by atoms with van der Waals surface area (Å²) in [7, 11) is 0. The van der Waals surface area contributed by atoms with Crippen molar-refractivity contribution in [1.82, 2.24) is 9.88 Å². The molecule has 5 aromatic carbocycles. The lowest BCUT2D eigenvalue weighted by Crippen LogP contribution is -2.42. The van der Waals surface area contributed by atoms with E-state index in [0.29, 0.717) is 5.92 Å². The molecule has 0 radical (unpaired) electrons. The normalized spacial score (nSPS) is 19.4. The first kappa shape index (κ1) is 27.9. The summed E-state index contributed by atoms with van der Waals surface area (Å²) in [6.07, 6.45) is 18.4. The number of fused-ring (bicyclic) bond motifs is 7. The van der Waals surface area contributed by atoms with Crippen molar-refractivity contribution in [1.29, 1.82) is 0 Å². The van der Waals surface area contributed by atoms with E-state index in [9.17, 15) is 0 Å². The third kappa shape index (κ3) is 4.41. The summed E-state index contributed by atoms with van der Waals surface area (Å²) in [6, 6.07) is 37.0. The van der Waals surface area contributed by atoms with Crippen LogP contribution in [0.1, 0.15) is 24.5 Å². The Morgan fingerprint density at radius 1 is 0.735 bits per heavy atom. The minimum atomic E-state index is -0.0101. The number of hydrogen-bond donors (Lipinski definition) is 1. The first-order valence-corrected chi connectivity index (χ1v) is 17.1. The summed E-state index contributed by atoms with van der Waals surface area (Å²) >= 11 is 0. The van der Waals surface area contributed by atoms with E-state index >= 15 is 0 Å².